The Morgan fingerprint density at radius 2 is 1.62 bits per heavy atom. The number of carbonyl (C=O) groups excluding carboxylic acids is 1. The Balaban J connectivity index is 1.98. The first-order valence-electron chi connectivity index (χ1n) is 6.86. The van der Waals surface area contributed by atoms with E-state index in [0.717, 1.165) is 5.69 Å². The second-order valence-electron chi connectivity index (χ2n) is 5.16. The van der Waals surface area contributed by atoms with Crippen LogP contribution in [0, 0.1) is 19.7 Å². The van der Waals surface area contributed by atoms with Gasteiger partial charge in [0.15, 0.2) is 0 Å². The van der Waals surface area contributed by atoms with E-state index >= 15 is 0 Å². The van der Waals surface area contributed by atoms with Crippen LogP contribution in [0.1, 0.15) is 18.1 Å². The second kappa shape index (κ2) is 6.39. The Hall–Kier alpha value is -2.36. The van der Waals surface area contributed by atoms with E-state index in [0.29, 0.717) is 5.69 Å². The molecule has 110 valence electrons. The van der Waals surface area contributed by atoms with Gasteiger partial charge in [-0.1, -0.05) is 6.07 Å². The summed E-state index contributed by atoms with van der Waals surface area (Å²) in [7, 11) is 0. The predicted octanol–water partition coefficient (Wildman–Crippen LogP) is 3.88. The molecule has 1 atom stereocenters. The molecule has 2 rings (SSSR count). The maximum Gasteiger partial charge on any atom is 0.246 e. The van der Waals surface area contributed by atoms with Gasteiger partial charge in [0.25, 0.3) is 0 Å². The van der Waals surface area contributed by atoms with E-state index in [2.05, 4.69) is 10.6 Å². The van der Waals surface area contributed by atoms with Crippen molar-refractivity contribution >= 4 is 17.3 Å². The molecule has 21 heavy (non-hydrogen) atoms. The molecule has 0 aliphatic heterocycles. The third-order valence-electron chi connectivity index (χ3n) is 3.40. The minimum absolute atomic E-state index is 0.167. The van der Waals surface area contributed by atoms with Gasteiger partial charge in [-0.15, -0.1) is 0 Å². The van der Waals surface area contributed by atoms with Crippen LogP contribution in [0.2, 0.25) is 0 Å². The van der Waals surface area contributed by atoms with Gasteiger partial charge < -0.3 is 10.6 Å². The Morgan fingerprint density at radius 1 is 1.00 bits per heavy atom. The average molecular weight is 286 g/mol. The van der Waals surface area contributed by atoms with Gasteiger partial charge >= 0.3 is 0 Å². The van der Waals surface area contributed by atoms with Crippen molar-refractivity contribution in [2.75, 3.05) is 10.6 Å². The lowest BCUT2D eigenvalue weighted by Crippen LogP contribution is -2.31. The fraction of sp³-hybridized carbons (Fsp3) is 0.235. The molecule has 0 saturated carbocycles. The lowest BCUT2D eigenvalue weighted by Gasteiger charge is -2.16. The predicted molar refractivity (Wildman–Crippen MR) is 84.0 cm³/mol. The Bertz CT molecular complexity index is 638. The number of hydrogen-bond acceptors (Lipinski definition) is 2. The number of anilines is 2. The number of halogens is 1. The first-order chi connectivity index (χ1) is 9.95. The zero-order valence-corrected chi connectivity index (χ0v) is 12.4. The van der Waals surface area contributed by atoms with Gasteiger partial charge in [-0.05, 0) is 68.3 Å². The highest BCUT2D eigenvalue weighted by atomic mass is 19.1. The number of carbonyl (C=O) groups is 1. The van der Waals surface area contributed by atoms with Crippen LogP contribution in [0.25, 0.3) is 0 Å². The van der Waals surface area contributed by atoms with Gasteiger partial charge in [0, 0.05) is 11.4 Å². The van der Waals surface area contributed by atoms with Gasteiger partial charge in [-0.25, -0.2) is 4.39 Å². The molecule has 0 aromatic heterocycles. The van der Waals surface area contributed by atoms with Crippen LogP contribution < -0.4 is 10.6 Å². The summed E-state index contributed by atoms with van der Waals surface area (Å²) in [5, 5.41) is 5.90. The van der Waals surface area contributed by atoms with Crippen LogP contribution >= 0.6 is 0 Å². The summed E-state index contributed by atoms with van der Waals surface area (Å²) < 4.78 is 12.8. The maximum atomic E-state index is 12.8. The van der Waals surface area contributed by atoms with E-state index in [-0.39, 0.29) is 11.7 Å². The molecule has 2 N–H and O–H groups in total. The Kier molecular flexibility index (Phi) is 4.58. The van der Waals surface area contributed by atoms with Gasteiger partial charge in [0.1, 0.15) is 11.9 Å². The quantitative estimate of drug-likeness (QED) is 0.895. The lowest BCUT2D eigenvalue weighted by molar-refractivity contribution is -0.116. The van der Waals surface area contributed by atoms with Crippen LogP contribution in [0.3, 0.4) is 0 Å². The summed E-state index contributed by atoms with van der Waals surface area (Å²) in [5.41, 5.74) is 3.87. The highest BCUT2D eigenvalue weighted by Gasteiger charge is 2.13. The standard InChI is InChI=1S/C17H19FN2O/c1-11-4-7-16(10-12(11)2)19-13(3)17(21)20-15-8-5-14(18)6-9-15/h4-10,13,19H,1-3H3,(H,20,21)/t13-/m0/s1. The van der Waals surface area contributed by atoms with Crippen molar-refractivity contribution in [2.45, 2.75) is 26.8 Å². The van der Waals surface area contributed by atoms with E-state index < -0.39 is 6.04 Å². The van der Waals surface area contributed by atoms with Crippen molar-refractivity contribution in [1.29, 1.82) is 0 Å². The zero-order chi connectivity index (χ0) is 15.4. The molecule has 2 aromatic carbocycles. The van der Waals surface area contributed by atoms with Gasteiger partial charge in [0.2, 0.25) is 5.91 Å². The number of benzene rings is 2. The van der Waals surface area contributed by atoms with Crippen molar-refractivity contribution in [3.05, 3.63) is 59.4 Å². The molecular weight excluding hydrogens is 267 g/mol. The molecule has 2 aromatic rings. The van der Waals surface area contributed by atoms with Crippen molar-refractivity contribution in [3.8, 4) is 0 Å². The molecular formula is C17H19FN2O. The first kappa shape index (κ1) is 15.0. The molecule has 3 nitrogen and oxygen atoms in total. The monoisotopic (exact) mass is 286 g/mol. The number of amides is 1. The Morgan fingerprint density at radius 3 is 2.24 bits per heavy atom. The fourth-order valence-corrected chi connectivity index (χ4v) is 1.93. The van der Waals surface area contributed by atoms with Crippen LogP contribution in [0.15, 0.2) is 42.5 Å². The fourth-order valence-electron chi connectivity index (χ4n) is 1.93. The SMILES string of the molecule is Cc1ccc(N[C@@H](C)C(=O)Nc2ccc(F)cc2)cc1C. The summed E-state index contributed by atoms with van der Waals surface area (Å²) in [4.78, 5) is 12.1. The third-order valence-corrected chi connectivity index (χ3v) is 3.40. The zero-order valence-electron chi connectivity index (χ0n) is 12.4. The van der Waals surface area contributed by atoms with E-state index in [1.54, 1.807) is 6.92 Å². The summed E-state index contributed by atoms with van der Waals surface area (Å²) in [6, 6.07) is 11.3. The molecule has 0 bridgehead atoms. The maximum absolute atomic E-state index is 12.8. The normalized spacial score (nSPS) is 11.8. The molecule has 0 spiro atoms. The molecule has 0 radical (unpaired) electrons. The lowest BCUT2D eigenvalue weighted by atomic mass is 10.1. The number of nitrogens with one attached hydrogen (secondary N) is 2. The molecule has 0 unspecified atom stereocenters. The average Bonchev–Trinajstić information content (AvgIpc) is 2.45. The minimum Gasteiger partial charge on any atom is -0.374 e. The van der Waals surface area contributed by atoms with E-state index in [4.69, 9.17) is 0 Å². The van der Waals surface area contributed by atoms with E-state index in [1.165, 1.54) is 35.4 Å². The molecule has 4 heteroatoms. The smallest absolute Gasteiger partial charge is 0.246 e. The molecule has 0 aliphatic carbocycles. The largest absolute Gasteiger partial charge is 0.374 e. The van der Waals surface area contributed by atoms with Crippen molar-refractivity contribution in [3.63, 3.8) is 0 Å². The third kappa shape index (κ3) is 4.05. The summed E-state index contributed by atoms with van der Waals surface area (Å²) >= 11 is 0. The topological polar surface area (TPSA) is 41.1 Å². The van der Waals surface area contributed by atoms with Crippen molar-refractivity contribution < 1.29 is 9.18 Å². The van der Waals surface area contributed by atoms with Crippen LogP contribution in [0.5, 0.6) is 0 Å². The first-order valence-corrected chi connectivity index (χ1v) is 6.86. The van der Waals surface area contributed by atoms with Gasteiger partial charge in [0.05, 0.1) is 0 Å². The van der Waals surface area contributed by atoms with Crippen LogP contribution in [-0.2, 0) is 4.79 Å². The highest BCUT2D eigenvalue weighted by Crippen LogP contribution is 2.16. The van der Waals surface area contributed by atoms with Gasteiger partial charge in [-0.2, -0.15) is 0 Å². The number of hydrogen-bond donors (Lipinski definition) is 2. The molecule has 0 saturated heterocycles. The molecule has 0 heterocycles. The summed E-state index contributed by atoms with van der Waals surface area (Å²) in [6.07, 6.45) is 0. The molecule has 0 fully saturated rings. The van der Waals surface area contributed by atoms with E-state index in [9.17, 15) is 9.18 Å². The van der Waals surface area contributed by atoms with Crippen molar-refractivity contribution in [1.82, 2.24) is 0 Å². The van der Waals surface area contributed by atoms with Crippen LogP contribution in [-0.4, -0.2) is 11.9 Å². The molecule has 0 aliphatic rings. The van der Waals surface area contributed by atoms with Crippen molar-refractivity contribution in [2.24, 2.45) is 0 Å². The Labute approximate surface area is 124 Å². The second-order valence-corrected chi connectivity index (χ2v) is 5.16. The minimum atomic E-state index is -0.392. The van der Waals surface area contributed by atoms with E-state index in [1.807, 2.05) is 32.0 Å². The van der Waals surface area contributed by atoms with Gasteiger partial charge in [-0.3, -0.25) is 4.79 Å². The number of aryl methyl sites for hydroxylation is 2. The molecule has 1 amide bonds. The van der Waals surface area contributed by atoms with Crippen LogP contribution in [0.4, 0.5) is 15.8 Å². The summed E-state index contributed by atoms with van der Waals surface area (Å²) in [6.45, 7) is 5.86. The summed E-state index contributed by atoms with van der Waals surface area (Å²) in [5.74, 6) is -0.492. The number of rotatable bonds is 4. The highest BCUT2D eigenvalue weighted by molar-refractivity contribution is 5.96.